The van der Waals surface area contributed by atoms with Gasteiger partial charge in [0.2, 0.25) is 0 Å². The Balaban J connectivity index is 2.52. The molecule has 0 spiro atoms. The molecule has 1 rings (SSSR count). The molecule has 4 atom stereocenters. The van der Waals surface area contributed by atoms with Crippen molar-refractivity contribution in [3.63, 3.8) is 0 Å². The van der Waals surface area contributed by atoms with Gasteiger partial charge in [-0.2, -0.15) is 0 Å². The first kappa shape index (κ1) is 8.41. The molecule has 0 aromatic carbocycles. The fraction of sp³-hybridized carbons (Fsp3) is 1.00. The van der Waals surface area contributed by atoms with Gasteiger partial charge in [0.1, 0.15) is 7.85 Å². The van der Waals surface area contributed by atoms with E-state index in [1.165, 1.54) is 0 Å². The third-order valence-corrected chi connectivity index (χ3v) is 3.41. The maximum Gasteiger partial charge on any atom is 0.107 e. The Hall–Kier alpha value is 0.315. The van der Waals surface area contributed by atoms with Crippen molar-refractivity contribution in [3.05, 3.63) is 0 Å². The number of alkyl halides is 1. The van der Waals surface area contributed by atoms with Crippen molar-refractivity contribution in [3.8, 4) is 0 Å². The highest BCUT2D eigenvalue weighted by Gasteiger charge is 2.29. The molecule has 1 nitrogen and oxygen atoms in total. The summed E-state index contributed by atoms with van der Waals surface area (Å²) in [5, 5.41) is 3.69. The Morgan fingerprint density at radius 1 is 1.50 bits per heavy atom. The highest BCUT2D eigenvalue weighted by atomic mass is 35.5. The van der Waals surface area contributed by atoms with Crippen molar-refractivity contribution >= 4 is 19.4 Å². The van der Waals surface area contributed by atoms with Crippen LogP contribution in [0.4, 0.5) is 0 Å². The lowest BCUT2D eigenvalue weighted by molar-refractivity contribution is 0.349. The highest BCUT2D eigenvalue weighted by Crippen LogP contribution is 2.28. The maximum atomic E-state index is 6.15. The van der Waals surface area contributed by atoms with Gasteiger partial charge in [0, 0.05) is 11.4 Å². The van der Waals surface area contributed by atoms with Crippen LogP contribution >= 0.6 is 11.6 Å². The van der Waals surface area contributed by atoms with E-state index >= 15 is 0 Å². The summed E-state index contributed by atoms with van der Waals surface area (Å²) in [6.07, 6.45) is 0. The van der Waals surface area contributed by atoms with Crippen molar-refractivity contribution in [2.45, 2.75) is 31.1 Å². The molecule has 0 amide bonds. The molecule has 0 aromatic heterocycles. The van der Waals surface area contributed by atoms with Crippen LogP contribution in [0.5, 0.6) is 0 Å². The smallest absolute Gasteiger partial charge is 0.107 e. The number of hydrogen-bond donors (Lipinski definition) is 1. The fourth-order valence-corrected chi connectivity index (χ4v) is 1.78. The first-order valence-corrected chi connectivity index (χ1v) is 4.44. The van der Waals surface area contributed by atoms with Crippen LogP contribution in [0.25, 0.3) is 0 Å². The molecule has 4 unspecified atom stereocenters. The zero-order valence-corrected chi connectivity index (χ0v) is 7.65. The molecular weight excluding hydrogens is 144 g/mol. The Kier molecular flexibility index (Phi) is 2.64. The van der Waals surface area contributed by atoms with E-state index in [9.17, 15) is 0 Å². The molecule has 0 radical (unpaired) electrons. The van der Waals surface area contributed by atoms with E-state index in [1.54, 1.807) is 0 Å². The third kappa shape index (κ3) is 1.48. The van der Waals surface area contributed by atoms with Gasteiger partial charge in [-0.25, -0.2) is 0 Å². The van der Waals surface area contributed by atoms with E-state index in [1.807, 2.05) is 0 Å². The molecular formula is C7H15BClN. The largest absolute Gasteiger partial charge is 0.313 e. The van der Waals surface area contributed by atoms with Gasteiger partial charge in [-0.05, 0) is 25.2 Å². The molecule has 58 valence electrons. The summed E-state index contributed by atoms with van der Waals surface area (Å²) in [7, 11) is 2.24. The second-order valence-corrected chi connectivity index (χ2v) is 3.98. The van der Waals surface area contributed by atoms with Crippen molar-refractivity contribution in [1.29, 1.82) is 0 Å². The summed E-state index contributed by atoms with van der Waals surface area (Å²) in [5.41, 5.74) is 0. The fourth-order valence-electron chi connectivity index (χ4n) is 1.44. The molecule has 1 aliphatic heterocycles. The molecule has 10 heavy (non-hydrogen) atoms. The maximum absolute atomic E-state index is 6.15. The average Bonchev–Trinajstić information content (AvgIpc) is 1.93. The van der Waals surface area contributed by atoms with Crippen LogP contribution < -0.4 is 5.32 Å². The minimum Gasteiger partial charge on any atom is -0.313 e. The molecule has 1 N–H and O–H groups in total. The summed E-state index contributed by atoms with van der Waals surface area (Å²) >= 11 is 6.15. The molecule has 0 saturated carbocycles. The third-order valence-electron chi connectivity index (χ3n) is 2.64. The summed E-state index contributed by atoms with van der Waals surface area (Å²) in [5.74, 6) is 1.37. The van der Waals surface area contributed by atoms with E-state index in [4.69, 9.17) is 11.6 Å². The van der Waals surface area contributed by atoms with E-state index in [-0.39, 0.29) is 0 Å². The van der Waals surface area contributed by atoms with Gasteiger partial charge in [-0.3, -0.25) is 0 Å². The lowest BCUT2D eigenvalue weighted by Crippen LogP contribution is -2.47. The van der Waals surface area contributed by atoms with Crippen molar-refractivity contribution < 1.29 is 0 Å². The van der Waals surface area contributed by atoms with Crippen molar-refractivity contribution in [2.75, 3.05) is 6.54 Å². The van der Waals surface area contributed by atoms with Crippen LogP contribution in [0.15, 0.2) is 0 Å². The number of halogens is 1. The minimum atomic E-state index is 0.309. The zero-order chi connectivity index (χ0) is 7.72. The predicted octanol–water partition coefficient (Wildman–Crippen LogP) is 0.643. The van der Waals surface area contributed by atoms with Crippen LogP contribution in [-0.2, 0) is 0 Å². The van der Waals surface area contributed by atoms with E-state index in [0.717, 1.165) is 12.5 Å². The van der Waals surface area contributed by atoms with E-state index in [0.29, 0.717) is 17.2 Å². The Labute approximate surface area is 68.9 Å². The van der Waals surface area contributed by atoms with Crippen molar-refractivity contribution in [1.82, 2.24) is 5.32 Å². The van der Waals surface area contributed by atoms with E-state index in [2.05, 4.69) is 27.0 Å². The molecule has 3 heteroatoms. The second kappa shape index (κ2) is 3.14. The van der Waals surface area contributed by atoms with Gasteiger partial charge in [0.05, 0.1) is 0 Å². The average molecular weight is 159 g/mol. The van der Waals surface area contributed by atoms with Crippen LogP contribution in [0.1, 0.15) is 13.8 Å². The number of rotatable bonds is 0. The van der Waals surface area contributed by atoms with Gasteiger partial charge in [-0.15, -0.1) is 11.6 Å². The first-order valence-electron chi connectivity index (χ1n) is 4.00. The van der Waals surface area contributed by atoms with Crippen LogP contribution in [0.3, 0.4) is 0 Å². The zero-order valence-electron chi connectivity index (χ0n) is 6.89. The second-order valence-electron chi connectivity index (χ2n) is 3.48. The Bertz CT molecular complexity index is 106. The summed E-state index contributed by atoms with van der Waals surface area (Å²) in [6, 6.07) is 0.480. The summed E-state index contributed by atoms with van der Waals surface area (Å²) in [4.78, 5) is 0. The molecule has 1 aliphatic rings. The lowest BCUT2D eigenvalue weighted by atomic mass is 9.71. The van der Waals surface area contributed by atoms with Gasteiger partial charge >= 0.3 is 0 Å². The SMILES string of the molecule is BC1C(C)CNC(C)C1Cl. The molecule has 1 fully saturated rings. The normalized spacial score (nSPS) is 49.1. The predicted molar refractivity (Wildman–Crippen MR) is 48.6 cm³/mol. The lowest BCUT2D eigenvalue weighted by Gasteiger charge is -2.36. The van der Waals surface area contributed by atoms with Gasteiger partial charge < -0.3 is 5.32 Å². The summed E-state index contributed by atoms with van der Waals surface area (Å²) < 4.78 is 0. The minimum absolute atomic E-state index is 0.309. The van der Waals surface area contributed by atoms with Crippen molar-refractivity contribution in [2.24, 2.45) is 5.92 Å². The standard InChI is InChI=1S/C7H15BClN/c1-4-3-10-5(2)7(9)6(4)8/h4-7,10H,3,8H2,1-2H3. The topological polar surface area (TPSA) is 12.0 Å². The van der Waals surface area contributed by atoms with Crippen LogP contribution in [0.2, 0.25) is 5.82 Å². The van der Waals surface area contributed by atoms with Gasteiger partial charge in [0.15, 0.2) is 0 Å². The number of nitrogens with one attached hydrogen (secondary N) is 1. The van der Waals surface area contributed by atoms with Crippen LogP contribution in [0, 0.1) is 5.92 Å². The molecule has 0 aromatic rings. The molecule has 0 bridgehead atoms. The molecule has 1 heterocycles. The van der Waals surface area contributed by atoms with E-state index < -0.39 is 0 Å². The Morgan fingerprint density at radius 2 is 2.10 bits per heavy atom. The highest BCUT2D eigenvalue weighted by molar-refractivity contribution is 6.27. The number of hydrogen-bond acceptors (Lipinski definition) is 1. The van der Waals surface area contributed by atoms with Gasteiger partial charge in [-0.1, -0.05) is 6.92 Å². The van der Waals surface area contributed by atoms with Crippen LogP contribution in [-0.4, -0.2) is 25.8 Å². The number of piperidine rings is 1. The molecule has 1 saturated heterocycles. The monoisotopic (exact) mass is 159 g/mol. The first-order chi connectivity index (χ1) is 4.63. The quantitative estimate of drug-likeness (QED) is 0.404. The summed E-state index contributed by atoms with van der Waals surface area (Å²) in [6.45, 7) is 5.52. The Morgan fingerprint density at radius 3 is 2.60 bits per heavy atom. The molecule has 0 aliphatic carbocycles. The van der Waals surface area contributed by atoms with Gasteiger partial charge in [0.25, 0.3) is 0 Å².